The van der Waals surface area contributed by atoms with Crippen LogP contribution in [0.2, 0.25) is 0 Å². The number of esters is 1. The molecule has 4 nitrogen and oxygen atoms in total. The van der Waals surface area contributed by atoms with Crippen molar-refractivity contribution in [2.45, 2.75) is 47.9 Å². The van der Waals surface area contributed by atoms with Crippen molar-refractivity contribution in [1.82, 2.24) is 0 Å². The van der Waals surface area contributed by atoms with E-state index in [-0.39, 0.29) is 22.5 Å². The minimum atomic E-state index is -8.64. The number of carbonyl (C=O) groups is 2. The van der Waals surface area contributed by atoms with E-state index in [1.54, 1.807) is 0 Å². The summed E-state index contributed by atoms with van der Waals surface area (Å²) in [4.78, 5) is 24.1. The summed E-state index contributed by atoms with van der Waals surface area (Å²) in [6, 6.07) is 6.72. The second kappa shape index (κ2) is 10.8. The minimum Gasteiger partial charge on any atom is -0.465 e. The number of halogens is 16. The van der Waals surface area contributed by atoms with Crippen LogP contribution in [0.3, 0.4) is 0 Å². The number of ether oxygens (including phenoxy) is 1. The molecule has 1 N–H and O–H groups in total. The maximum Gasteiger partial charge on any atom is 0.393 e. The zero-order valence-electron chi connectivity index (χ0n) is 19.7. The van der Waals surface area contributed by atoms with E-state index >= 15 is 0 Å². The summed E-state index contributed by atoms with van der Waals surface area (Å²) in [6.07, 6.45) is -5.97. The van der Waals surface area contributed by atoms with Crippen LogP contribution in [0.4, 0.5) is 75.2 Å². The first-order valence-corrected chi connectivity index (χ1v) is 11.2. The Morgan fingerprint density at radius 1 is 0.738 bits per heavy atom. The molecule has 0 aliphatic carbocycles. The fourth-order valence-corrected chi connectivity index (χ4v) is 4.00. The molecule has 1 aromatic carbocycles. The SMILES string of the molecule is COC(=O)c1c(-c2ccccc2)csc1NC(=O)C(F)(F)C(F)(F)C(F)(F)C(F)(F)C(F)(F)C(F)(F)C(F)(F)C(F)F. The molecular weight excluding hydrogens is 650 g/mol. The van der Waals surface area contributed by atoms with Gasteiger partial charge in [0.25, 0.3) is 0 Å². The minimum absolute atomic E-state index is 0.0757. The molecule has 2 aromatic rings. The largest absolute Gasteiger partial charge is 0.465 e. The lowest BCUT2D eigenvalue weighted by atomic mass is 9.89. The molecule has 0 saturated carbocycles. The number of carbonyl (C=O) groups excluding carboxylic acids is 2. The van der Waals surface area contributed by atoms with E-state index in [0.717, 1.165) is 10.7 Å². The van der Waals surface area contributed by atoms with Gasteiger partial charge in [-0.05, 0) is 5.56 Å². The number of rotatable bonds is 11. The first-order chi connectivity index (χ1) is 18.8. The number of thiophene rings is 1. The van der Waals surface area contributed by atoms with Gasteiger partial charge in [-0.1, -0.05) is 30.3 Å². The predicted octanol–water partition coefficient (Wildman–Crippen LogP) is 7.85. The molecule has 0 fully saturated rings. The van der Waals surface area contributed by atoms with Crippen molar-refractivity contribution in [1.29, 1.82) is 0 Å². The number of hydrogen-bond acceptors (Lipinski definition) is 4. The fraction of sp³-hybridized carbons (Fsp3) is 0.429. The van der Waals surface area contributed by atoms with E-state index in [9.17, 15) is 79.8 Å². The first kappa shape index (κ1) is 34.9. The average Bonchev–Trinajstić information content (AvgIpc) is 3.31. The van der Waals surface area contributed by atoms with Crippen LogP contribution in [-0.4, -0.2) is 66.9 Å². The monoisotopic (exact) mass is 661 g/mol. The third kappa shape index (κ3) is 4.91. The van der Waals surface area contributed by atoms with Gasteiger partial charge in [0, 0.05) is 10.9 Å². The van der Waals surface area contributed by atoms with Gasteiger partial charge in [0.2, 0.25) is 0 Å². The van der Waals surface area contributed by atoms with Gasteiger partial charge < -0.3 is 10.1 Å². The summed E-state index contributed by atoms with van der Waals surface area (Å²) in [5.41, 5.74) is -1.06. The van der Waals surface area contributed by atoms with E-state index in [1.165, 1.54) is 30.3 Å². The molecule has 0 aliphatic heterocycles. The molecule has 21 heteroatoms. The summed E-state index contributed by atoms with van der Waals surface area (Å²) >= 11 is 0.0757. The lowest BCUT2D eigenvalue weighted by Gasteiger charge is -2.42. The molecule has 1 heterocycles. The molecule has 1 aromatic heterocycles. The molecule has 1 amide bonds. The molecule has 236 valence electrons. The summed E-state index contributed by atoms with van der Waals surface area (Å²) in [6.45, 7) is 0. The molecule has 0 unspecified atom stereocenters. The Kier molecular flexibility index (Phi) is 8.97. The second-order valence-electron chi connectivity index (χ2n) is 8.04. The highest BCUT2D eigenvalue weighted by Gasteiger charge is 2.94. The van der Waals surface area contributed by atoms with Crippen molar-refractivity contribution >= 4 is 28.2 Å². The molecule has 0 bridgehead atoms. The molecule has 0 radical (unpaired) electrons. The van der Waals surface area contributed by atoms with E-state index < -0.39 is 70.3 Å². The van der Waals surface area contributed by atoms with E-state index in [4.69, 9.17) is 0 Å². The van der Waals surface area contributed by atoms with Crippen molar-refractivity contribution in [3.05, 3.63) is 41.3 Å². The summed E-state index contributed by atoms with van der Waals surface area (Å²) in [5, 5.41) is 0.538. The molecule has 42 heavy (non-hydrogen) atoms. The van der Waals surface area contributed by atoms with Gasteiger partial charge in [-0.2, -0.15) is 61.5 Å². The van der Waals surface area contributed by atoms with E-state index in [0.29, 0.717) is 7.11 Å². The Bertz CT molecular complexity index is 1310. The molecule has 0 atom stereocenters. The van der Waals surface area contributed by atoms with Crippen LogP contribution in [0.25, 0.3) is 11.1 Å². The third-order valence-corrected chi connectivity index (χ3v) is 6.34. The van der Waals surface area contributed by atoms with Crippen LogP contribution in [0.5, 0.6) is 0 Å². The molecule has 2 rings (SSSR count). The molecule has 0 saturated heterocycles. The Labute approximate surface area is 226 Å². The van der Waals surface area contributed by atoms with Crippen LogP contribution in [0, 0.1) is 0 Å². The van der Waals surface area contributed by atoms with E-state index in [1.807, 2.05) is 0 Å². The van der Waals surface area contributed by atoms with Crippen molar-refractivity contribution in [2.75, 3.05) is 12.4 Å². The van der Waals surface area contributed by atoms with Gasteiger partial charge in [-0.25, -0.2) is 13.6 Å². The first-order valence-electron chi connectivity index (χ1n) is 10.3. The van der Waals surface area contributed by atoms with Crippen LogP contribution in [0.15, 0.2) is 35.7 Å². The lowest BCUT2D eigenvalue weighted by molar-refractivity contribution is -0.443. The van der Waals surface area contributed by atoms with Crippen molar-refractivity contribution in [3.8, 4) is 11.1 Å². The van der Waals surface area contributed by atoms with E-state index in [2.05, 4.69) is 4.74 Å². The fourth-order valence-electron chi connectivity index (χ4n) is 3.04. The maximum absolute atomic E-state index is 14.3. The topological polar surface area (TPSA) is 55.4 Å². The number of amides is 1. The zero-order valence-corrected chi connectivity index (χ0v) is 20.5. The standard InChI is InChI=1S/C21H11F16NO3S/c1-41-12(39)10-9(8-5-3-2-4-6-8)7-42-11(10)38-14(40)16(26,27)18(30,31)20(34,35)21(36,37)19(32,33)17(28,29)15(24,25)13(22)23/h2-7,13H,1H3,(H,38,40). The number of benzene rings is 1. The van der Waals surface area contributed by atoms with Crippen LogP contribution < -0.4 is 5.32 Å². The highest BCUT2D eigenvalue weighted by molar-refractivity contribution is 7.15. The summed E-state index contributed by atoms with van der Waals surface area (Å²) in [7, 11) is 0.694. The average molecular weight is 661 g/mol. The van der Waals surface area contributed by atoms with Crippen LogP contribution >= 0.6 is 11.3 Å². The quantitative estimate of drug-likeness (QED) is 0.197. The molecule has 0 spiro atoms. The number of hydrogen-bond donors (Lipinski definition) is 1. The Hall–Kier alpha value is -3.26. The highest BCUT2D eigenvalue weighted by atomic mass is 32.1. The summed E-state index contributed by atoms with van der Waals surface area (Å²) < 4.78 is 221. The van der Waals surface area contributed by atoms with Crippen molar-refractivity contribution in [3.63, 3.8) is 0 Å². The summed E-state index contributed by atoms with van der Waals surface area (Å²) in [5.74, 6) is -62.1. The number of anilines is 1. The lowest BCUT2D eigenvalue weighted by Crippen LogP contribution is -2.74. The van der Waals surface area contributed by atoms with Crippen LogP contribution in [0.1, 0.15) is 10.4 Å². The number of methoxy groups -OCH3 is 1. The Morgan fingerprint density at radius 2 is 1.19 bits per heavy atom. The normalized spacial score (nSPS) is 14.2. The second-order valence-corrected chi connectivity index (χ2v) is 8.91. The zero-order chi connectivity index (χ0) is 32.9. The third-order valence-electron chi connectivity index (χ3n) is 5.44. The Morgan fingerprint density at radius 3 is 1.64 bits per heavy atom. The van der Waals surface area contributed by atoms with Gasteiger partial charge in [-0.3, -0.25) is 4.79 Å². The van der Waals surface area contributed by atoms with Gasteiger partial charge in [0.15, 0.2) is 0 Å². The maximum atomic E-state index is 14.3. The van der Waals surface area contributed by atoms with Gasteiger partial charge in [0.05, 0.1) is 7.11 Å². The van der Waals surface area contributed by atoms with Gasteiger partial charge in [-0.15, -0.1) is 11.3 Å². The predicted molar refractivity (Wildman–Crippen MR) is 110 cm³/mol. The molecular formula is C21H11F16NO3S. The smallest absolute Gasteiger partial charge is 0.393 e. The highest BCUT2D eigenvalue weighted by Crippen LogP contribution is 2.62. The van der Waals surface area contributed by atoms with Gasteiger partial charge in [0.1, 0.15) is 10.6 Å². The Balaban J connectivity index is 2.58. The van der Waals surface area contributed by atoms with Crippen molar-refractivity contribution < 1.29 is 84.6 Å². The van der Waals surface area contributed by atoms with Crippen molar-refractivity contribution in [2.24, 2.45) is 0 Å². The molecule has 0 aliphatic rings. The number of alkyl halides is 16. The van der Waals surface area contributed by atoms with Crippen LogP contribution in [-0.2, 0) is 9.53 Å². The van der Waals surface area contributed by atoms with Gasteiger partial charge >= 0.3 is 59.8 Å². The number of nitrogens with one attached hydrogen (secondary N) is 1.